The third kappa shape index (κ3) is 4.91. The zero-order chi connectivity index (χ0) is 15.9. The summed E-state index contributed by atoms with van der Waals surface area (Å²) in [5.41, 5.74) is 1.86. The molecule has 5 nitrogen and oxygen atoms in total. The van der Waals surface area contributed by atoms with Crippen molar-refractivity contribution in [1.82, 2.24) is 15.5 Å². The smallest absolute Gasteiger partial charge is 0.231 e. The molecular formula is C14H13ClN4OS2. The van der Waals surface area contributed by atoms with Crippen molar-refractivity contribution < 1.29 is 4.79 Å². The molecule has 0 saturated carbocycles. The minimum absolute atomic E-state index is 0.127. The maximum atomic E-state index is 11.4. The SMILES string of the molecule is C#CCNC(=O)CSc1nnc(Nc2ccc(C)c(Cl)c2)s1. The van der Waals surface area contributed by atoms with E-state index >= 15 is 0 Å². The van der Waals surface area contributed by atoms with Gasteiger partial charge in [0.05, 0.1) is 12.3 Å². The first-order valence-corrected chi connectivity index (χ1v) is 8.46. The standard InChI is InChI=1S/C14H13ClN4OS2/c1-3-6-16-12(20)8-21-14-19-18-13(22-14)17-10-5-4-9(2)11(15)7-10/h1,4-5,7H,6,8H2,2H3,(H,16,20)(H,17,18). The van der Waals surface area contributed by atoms with E-state index in [2.05, 4.69) is 26.8 Å². The number of rotatable bonds is 6. The molecular weight excluding hydrogens is 340 g/mol. The summed E-state index contributed by atoms with van der Waals surface area (Å²) in [6.45, 7) is 2.17. The van der Waals surface area contributed by atoms with Gasteiger partial charge in [-0.05, 0) is 24.6 Å². The average Bonchev–Trinajstić information content (AvgIpc) is 2.94. The van der Waals surface area contributed by atoms with Gasteiger partial charge in [-0.3, -0.25) is 4.79 Å². The lowest BCUT2D eigenvalue weighted by Crippen LogP contribution is -2.25. The Bertz CT molecular complexity index is 711. The van der Waals surface area contributed by atoms with Crippen LogP contribution in [0.1, 0.15) is 5.56 Å². The van der Waals surface area contributed by atoms with Gasteiger partial charge in [-0.1, -0.05) is 46.7 Å². The van der Waals surface area contributed by atoms with Crippen LogP contribution in [0.2, 0.25) is 5.02 Å². The summed E-state index contributed by atoms with van der Waals surface area (Å²) in [5.74, 6) is 2.48. The van der Waals surface area contributed by atoms with Crippen LogP contribution < -0.4 is 10.6 Å². The minimum Gasteiger partial charge on any atom is -0.344 e. The lowest BCUT2D eigenvalue weighted by molar-refractivity contribution is -0.118. The number of carbonyl (C=O) groups excluding carboxylic acids is 1. The summed E-state index contributed by atoms with van der Waals surface area (Å²) in [7, 11) is 0. The number of benzene rings is 1. The lowest BCUT2D eigenvalue weighted by atomic mass is 10.2. The highest BCUT2D eigenvalue weighted by molar-refractivity contribution is 8.01. The second-order valence-electron chi connectivity index (χ2n) is 4.23. The molecule has 0 fully saturated rings. The van der Waals surface area contributed by atoms with Crippen molar-refractivity contribution >= 4 is 51.4 Å². The number of aryl methyl sites for hydroxylation is 1. The Hall–Kier alpha value is -1.75. The fraction of sp³-hybridized carbons (Fsp3) is 0.214. The van der Waals surface area contributed by atoms with Gasteiger partial charge in [0.25, 0.3) is 0 Å². The normalized spacial score (nSPS) is 10.0. The zero-order valence-corrected chi connectivity index (χ0v) is 14.1. The Kier molecular flexibility index (Phi) is 6.07. The molecule has 2 rings (SSSR count). The Labute approximate surface area is 141 Å². The molecule has 0 aliphatic heterocycles. The Balaban J connectivity index is 1.90. The van der Waals surface area contributed by atoms with E-state index in [-0.39, 0.29) is 18.2 Å². The van der Waals surface area contributed by atoms with Crippen molar-refractivity contribution in [1.29, 1.82) is 0 Å². The first kappa shape index (κ1) is 16.6. The van der Waals surface area contributed by atoms with Crippen LogP contribution in [0.15, 0.2) is 22.5 Å². The maximum Gasteiger partial charge on any atom is 0.231 e. The van der Waals surface area contributed by atoms with Crippen LogP contribution in [-0.4, -0.2) is 28.4 Å². The number of halogens is 1. The number of terminal acetylenes is 1. The largest absolute Gasteiger partial charge is 0.344 e. The van der Waals surface area contributed by atoms with Crippen molar-refractivity contribution in [2.75, 3.05) is 17.6 Å². The van der Waals surface area contributed by atoms with Crippen molar-refractivity contribution in [3.8, 4) is 12.3 Å². The zero-order valence-electron chi connectivity index (χ0n) is 11.7. The van der Waals surface area contributed by atoms with Crippen LogP contribution in [0.5, 0.6) is 0 Å². The quantitative estimate of drug-likeness (QED) is 0.617. The van der Waals surface area contributed by atoms with Crippen LogP contribution in [0.25, 0.3) is 0 Å². The minimum atomic E-state index is -0.127. The summed E-state index contributed by atoms with van der Waals surface area (Å²) < 4.78 is 0.705. The van der Waals surface area contributed by atoms with Crippen LogP contribution >= 0.6 is 34.7 Å². The van der Waals surface area contributed by atoms with Crippen molar-refractivity contribution in [3.05, 3.63) is 28.8 Å². The number of hydrogen-bond acceptors (Lipinski definition) is 6. The highest BCUT2D eigenvalue weighted by Crippen LogP contribution is 2.28. The van der Waals surface area contributed by atoms with E-state index in [9.17, 15) is 4.79 Å². The molecule has 114 valence electrons. The molecule has 0 aliphatic rings. The highest BCUT2D eigenvalue weighted by atomic mass is 35.5. The molecule has 0 radical (unpaired) electrons. The molecule has 1 aromatic carbocycles. The number of thioether (sulfide) groups is 1. The van der Waals surface area contributed by atoms with E-state index in [4.69, 9.17) is 18.0 Å². The fourth-order valence-corrected chi connectivity index (χ4v) is 3.22. The van der Waals surface area contributed by atoms with Gasteiger partial charge in [0, 0.05) is 10.7 Å². The molecule has 0 saturated heterocycles. The van der Waals surface area contributed by atoms with E-state index in [0.717, 1.165) is 11.3 Å². The molecule has 22 heavy (non-hydrogen) atoms. The molecule has 0 spiro atoms. The van der Waals surface area contributed by atoms with Crippen LogP contribution in [0.4, 0.5) is 10.8 Å². The molecule has 2 aromatic rings. The molecule has 0 bridgehead atoms. The number of anilines is 2. The second kappa shape index (κ2) is 8.03. The number of hydrogen-bond donors (Lipinski definition) is 2. The molecule has 8 heteroatoms. The number of nitrogens with zero attached hydrogens (tertiary/aromatic N) is 2. The van der Waals surface area contributed by atoms with E-state index in [1.54, 1.807) is 0 Å². The van der Waals surface area contributed by atoms with E-state index in [1.807, 2.05) is 25.1 Å². The summed E-state index contributed by atoms with van der Waals surface area (Å²) in [4.78, 5) is 11.4. The van der Waals surface area contributed by atoms with E-state index in [0.29, 0.717) is 14.5 Å². The Morgan fingerprint density at radius 3 is 3.05 bits per heavy atom. The number of amides is 1. The van der Waals surface area contributed by atoms with Crippen molar-refractivity contribution in [2.45, 2.75) is 11.3 Å². The second-order valence-corrected chi connectivity index (χ2v) is 6.84. The first-order chi connectivity index (χ1) is 10.6. The lowest BCUT2D eigenvalue weighted by Gasteiger charge is -2.03. The predicted octanol–water partition coefficient (Wildman–Crippen LogP) is 3.09. The molecule has 2 N–H and O–H groups in total. The molecule has 1 amide bonds. The van der Waals surface area contributed by atoms with Gasteiger partial charge < -0.3 is 10.6 Å². The Morgan fingerprint density at radius 1 is 1.50 bits per heavy atom. The summed E-state index contributed by atoms with van der Waals surface area (Å²) in [6, 6.07) is 5.68. The topological polar surface area (TPSA) is 66.9 Å². The van der Waals surface area contributed by atoms with Gasteiger partial charge in [0.2, 0.25) is 11.0 Å². The van der Waals surface area contributed by atoms with Gasteiger partial charge in [-0.15, -0.1) is 16.6 Å². The third-order valence-electron chi connectivity index (χ3n) is 2.54. The molecule has 1 aromatic heterocycles. The van der Waals surface area contributed by atoms with Gasteiger partial charge in [0.15, 0.2) is 4.34 Å². The summed E-state index contributed by atoms with van der Waals surface area (Å²) in [6.07, 6.45) is 5.07. The third-order valence-corrected chi connectivity index (χ3v) is 4.92. The molecule has 1 heterocycles. The monoisotopic (exact) mass is 352 g/mol. The maximum absolute atomic E-state index is 11.4. The molecule has 0 aliphatic carbocycles. The predicted molar refractivity (Wildman–Crippen MR) is 91.9 cm³/mol. The molecule has 0 atom stereocenters. The van der Waals surface area contributed by atoms with Crippen molar-refractivity contribution in [2.24, 2.45) is 0 Å². The van der Waals surface area contributed by atoms with E-state index in [1.165, 1.54) is 23.1 Å². The number of nitrogens with one attached hydrogen (secondary N) is 2. The summed E-state index contributed by atoms with van der Waals surface area (Å²) in [5, 5.41) is 15.1. The van der Waals surface area contributed by atoms with Crippen LogP contribution in [0.3, 0.4) is 0 Å². The van der Waals surface area contributed by atoms with Gasteiger partial charge in [-0.25, -0.2) is 0 Å². The first-order valence-electron chi connectivity index (χ1n) is 6.28. The van der Waals surface area contributed by atoms with Gasteiger partial charge in [0.1, 0.15) is 0 Å². The molecule has 0 unspecified atom stereocenters. The van der Waals surface area contributed by atoms with Crippen molar-refractivity contribution in [3.63, 3.8) is 0 Å². The van der Waals surface area contributed by atoms with Crippen LogP contribution in [0, 0.1) is 19.3 Å². The van der Waals surface area contributed by atoms with E-state index < -0.39 is 0 Å². The highest BCUT2D eigenvalue weighted by Gasteiger charge is 2.08. The Morgan fingerprint density at radius 2 is 2.32 bits per heavy atom. The summed E-state index contributed by atoms with van der Waals surface area (Å²) >= 11 is 8.76. The average molecular weight is 353 g/mol. The fourth-order valence-electron chi connectivity index (χ4n) is 1.44. The van der Waals surface area contributed by atoms with Crippen LogP contribution in [-0.2, 0) is 4.79 Å². The van der Waals surface area contributed by atoms with Gasteiger partial charge in [-0.2, -0.15) is 0 Å². The number of carbonyl (C=O) groups is 1. The number of aromatic nitrogens is 2. The van der Waals surface area contributed by atoms with Gasteiger partial charge >= 0.3 is 0 Å².